The quantitative estimate of drug-likeness (QED) is 0.803. The standard InChI is InChI=1S/C14H13NO5S/c1-9-5-6-10(14(17)18)7-13(9)21(19,20)15-11-3-2-4-12(16)8-11/h2-8,15-16H,1H3,(H,17,18). The van der Waals surface area contributed by atoms with Gasteiger partial charge in [-0.3, -0.25) is 4.72 Å². The van der Waals surface area contributed by atoms with Crippen molar-refractivity contribution >= 4 is 21.7 Å². The average Bonchev–Trinajstić information content (AvgIpc) is 2.38. The first-order valence-corrected chi connectivity index (χ1v) is 7.44. The zero-order valence-corrected chi connectivity index (χ0v) is 11.9. The van der Waals surface area contributed by atoms with Gasteiger partial charge >= 0.3 is 5.97 Å². The molecule has 0 unspecified atom stereocenters. The van der Waals surface area contributed by atoms with Gasteiger partial charge < -0.3 is 10.2 Å². The minimum atomic E-state index is -3.94. The van der Waals surface area contributed by atoms with Crippen LogP contribution in [0.25, 0.3) is 0 Å². The van der Waals surface area contributed by atoms with E-state index < -0.39 is 16.0 Å². The van der Waals surface area contributed by atoms with E-state index in [1.807, 2.05) is 0 Å². The Balaban J connectivity index is 2.44. The highest BCUT2D eigenvalue weighted by Gasteiger charge is 2.19. The summed E-state index contributed by atoms with van der Waals surface area (Å²) in [6, 6.07) is 9.51. The molecule has 0 atom stereocenters. The topological polar surface area (TPSA) is 104 Å². The van der Waals surface area contributed by atoms with Crippen molar-refractivity contribution in [1.29, 1.82) is 0 Å². The molecular formula is C14H13NO5S. The average molecular weight is 307 g/mol. The number of aryl methyl sites for hydroxylation is 1. The fourth-order valence-corrected chi connectivity index (χ4v) is 3.12. The highest BCUT2D eigenvalue weighted by Crippen LogP contribution is 2.22. The van der Waals surface area contributed by atoms with E-state index >= 15 is 0 Å². The molecule has 2 aromatic carbocycles. The van der Waals surface area contributed by atoms with Crippen molar-refractivity contribution in [2.24, 2.45) is 0 Å². The molecule has 3 N–H and O–H groups in total. The summed E-state index contributed by atoms with van der Waals surface area (Å²) in [5.41, 5.74) is 0.500. The Kier molecular flexibility index (Phi) is 3.86. The molecule has 0 spiro atoms. The Morgan fingerprint density at radius 1 is 1.14 bits per heavy atom. The van der Waals surface area contributed by atoms with Crippen LogP contribution in [0.5, 0.6) is 5.75 Å². The van der Waals surface area contributed by atoms with Gasteiger partial charge in [-0.15, -0.1) is 0 Å². The van der Waals surface area contributed by atoms with Gasteiger partial charge in [0.1, 0.15) is 5.75 Å². The largest absolute Gasteiger partial charge is 0.508 e. The maximum Gasteiger partial charge on any atom is 0.335 e. The second-order valence-electron chi connectivity index (χ2n) is 4.44. The van der Waals surface area contributed by atoms with Gasteiger partial charge in [-0.25, -0.2) is 13.2 Å². The summed E-state index contributed by atoms with van der Waals surface area (Å²) >= 11 is 0. The molecule has 0 bridgehead atoms. The van der Waals surface area contributed by atoms with E-state index in [4.69, 9.17) is 5.11 Å². The Bertz CT molecular complexity index is 799. The molecule has 2 aromatic rings. The van der Waals surface area contributed by atoms with E-state index in [9.17, 15) is 18.3 Å². The molecule has 0 radical (unpaired) electrons. The molecular weight excluding hydrogens is 294 g/mol. The van der Waals surface area contributed by atoms with Gasteiger partial charge in [-0.1, -0.05) is 12.1 Å². The molecule has 0 aliphatic rings. The first-order valence-electron chi connectivity index (χ1n) is 5.95. The van der Waals surface area contributed by atoms with Crippen molar-refractivity contribution in [3.05, 3.63) is 53.6 Å². The van der Waals surface area contributed by atoms with Crippen LogP contribution in [0.3, 0.4) is 0 Å². The first kappa shape index (κ1) is 14.9. The van der Waals surface area contributed by atoms with Crippen molar-refractivity contribution in [3.8, 4) is 5.75 Å². The number of phenols is 1. The fraction of sp³-hybridized carbons (Fsp3) is 0.0714. The molecule has 0 aromatic heterocycles. The fourth-order valence-electron chi connectivity index (χ4n) is 1.80. The first-order chi connectivity index (χ1) is 9.79. The highest BCUT2D eigenvalue weighted by atomic mass is 32.2. The second-order valence-corrected chi connectivity index (χ2v) is 6.09. The lowest BCUT2D eigenvalue weighted by Crippen LogP contribution is -2.15. The molecule has 0 amide bonds. The Labute approximate surface area is 121 Å². The number of sulfonamides is 1. The Morgan fingerprint density at radius 2 is 1.86 bits per heavy atom. The molecule has 7 heteroatoms. The smallest absolute Gasteiger partial charge is 0.335 e. The Morgan fingerprint density at radius 3 is 2.48 bits per heavy atom. The van der Waals surface area contributed by atoms with Crippen molar-refractivity contribution in [1.82, 2.24) is 0 Å². The molecule has 2 rings (SSSR count). The van der Waals surface area contributed by atoms with E-state index in [0.29, 0.717) is 5.56 Å². The maximum absolute atomic E-state index is 12.3. The van der Waals surface area contributed by atoms with Crippen LogP contribution in [0.2, 0.25) is 0 Å². The monoisotopic (exact) mass is 307 g/mol. The predicted octanol–water partition coefficient (Wildman–Crippen LogP) is 2.20. The number of benzene rings is 2. The zero-order chi connectivity index (χ0) is 15.6. The summed E-state index contributed by atoms with van der Waals surface area (Å²) in [6.45, 7) is 1.57. The zero-order valence-electron chi connectivity index (χ0n) is 11.1. The van der Waals surface area contributed by atoms with E-state index in [1.54, 1.807) is 6.92 Å². The van der Waals surface area contributed by atoms with Crippen molar-refractivity contribution < 1.29 is 23.4 Å². The number of nitrogens with one attached hydrogen (secondary N) is 1. The molecule has 0 aliphatic carbocycles. The Hall–Kier alpha value is -2.54. The number of carboxylic acid groups (broad SMARTS) is 1. The lowest BCUT2D eigenvalue weighted by atomic mass is 10.1. The third-order valence-electron chi connectivity index (χ3n) is 2.82. The number of carboxylic acids is 1. The number of aromatic hydroxyl groups is 1. The van der Waals surface area contributed by atoms with Gasteiger partial charge in [0.15, 0.2) is 0 Å². The summed E-state index contributed by atoms with van der Waals surface area (Å²) in [4.78, 5) is 10.8. The second kappa shape index (κ2) is 5.45. The summed E-state index contributed by atoms with van der Waals surface area (Å²) in [7, 11) is -3.94. The number of hydrogen-bond acceptors (Lipinski definition) is 4. The van der Waals surface area contributed by atoms with E-state index in [0.717, 1.165) is 6.07 Å². The SMILES string of the molecule is Cc1ccc(C(=O)O)cc1S(=O)(=O)Nc1cccc(O)c1. The van der Waals surface area contributed by atoms with Crippen LogP contribution in [-0.2, 0) is 10.0 Å². The summed E-state index contributed by atoms with van der Waals surface area (Å²) < 4.78 is 26.9. The van der Waals surface area contributed by atoms with Crippen molar-refractivity contribution in [2.45, 2.75) is 11.8 Å². The highest BCUT2D eigenvalue weighted by molar-refractivity contribution is 7.92. The van der Waals surface area contributed by atoms with E-state index in [2.05, 4.69) is 4.72 Å². The predicted molar refractivity (Wildman–Crippen MR) is 77.1 cm³/mol. The normalized spacial score (nSPS) is 11.1. The van der Waals surface area contributed by atoms with Gasteiger partial charge in [-0.05, 0) is 36.8 Å². The van der Waals surface area contributed by atoms with Crippen LogP contribution in [-0.4, -0.2) is 24.6 Å². The van der Waals surface area contributed by atoms with E-state index in [1.165, 1.54) is 36.4 Å². The molecule has 0 fully saturated rings. The number of aromatic carboxylic acids is 1. The van der Waals surface area contributed by atoms with Crippen LogP contribution in [0, 0.1) is 6.92 Å². The van der Waals surface area contributed by atoms with Crippen LogP contribution in [0.1, 0.15) is 15.9 Å². The van der Waals surface area contributed by atoms with Crippen molar-refractivity contribution in [2.75, 3.05) is 4.72 Å². The van der Waals surface area contributed by atoms with Crippen LogP contribution in [0.15, 0.2) is 47.4 Å². The van der Waals surface area contributed by atoms with Gasteiger partial charge in [0.05, 0.1) is 16.1 Å². The molecule has 110 valence electrons. The summed E-state index contributed by atoms with van der Waals surface area (Å²) in [5.74, 6) is -1.28. The lowest BCUT2D eigenvalue weighted by Gasteiger charge is -2.11. The van der Waals surface area contributed by atoms with Gasteiger partial charge in [0.25, 0.3) is 10.0 Å². The van der Waals surface area contributed by atoms with Crippen LogP contribution >= 0.6 is 0 Å². The number of anilines is 1. The minimum absolute atomic E-state index is 0.0776. The van der Waals surface area contributed by atoms with Crippen LogP contribution < -0.4 is 4.72 Å². The molecule has 21 heavy (non-hydrogen) atoms. The molecule has 6 nitrogen and oxygen atoms in total. The van der Waals surface area contributed by atoms with Crippen LogP contribution in [0.4, 0.5) is 5.69 Å². The molecule has 0 saturated heterocycles. The van der Waals surface area contributed by atoms with Gasteiger partial charge in [0, 0.05) is 6.07 Å². The summed E-state index contributed by atoms with van der Waals surface area (Å²) in [6.07, 6.45) is 0. The summed E-state index contributed by atoms with van der Waals surface area (Å²) in [5, 5.41) is 18.3. The molecule has 0 heterocycles. The number of rotatable bonds is 4. The van der Waals surface area contributed by atoms with Crippen molar-refractivity contribution in [3.63, 3.8) is 0 Å². The third kappa shape index (κ3) is 3.32. The number of carbonyl (C=O) groups is 1. The number of phenolic OH excluding ortho intramolecular Hbond substituents is 1. The minimum Gasteiger partial charge on any atom is -0.508 e. The van der Waals surface area contributed by atoms with Gasteiger partial charge in [-0.2, -0.15) is 0 Å². The molecule has 0 saturated carbocycles. The van der Waals surface area contributed by atoms with Gasteiger partial charge in [0.2, 0.25) is 0 Å². The van der Waals surface area contributed by atoms with E-state index in [-0.39, 0.29) is 21.9 Å². The lowest BCUT2D eigenvalue weighted by molar-refractivity contribution is 0.0696. The molecule has 0 aliphatic heterocycles. The maximum atomic E-state index is 12.3. The third-order valence-corrected chi connectivity index (χ3v) is 4.35. The number of hydrogen-bond donors (Lipinski definition) is 3.